The molecule has 1 aliphatic heterocycles. The highest BCUT2D eigenvalue weighted by molar-refractivity contribution is 7.92. The Morgan fingerprint density at radius 2 is 1.35 bits per heavy atom. The summed E-state index contributed by atoms with van der Waals surface area (Å²) in [5, 5.41) is -0.324. The van der Waals surface area contributed by atoms with Crippen LogP contribution in [0.5, 0.6) is 0 Å². The van der Waals surface area contributed by atoms with Gasteiger partial charge in [0.15, 0.2) is 9.84 Å². The SMILES string of the molecule is CC1C(c2ccccc2)C(c2ccccc2)CS1(=O)=O. The van der Waals surface area contributed by atoms with Crippen LogP contribution < -0.4 is 0 Å². The van der Waals surface area contributed by atoms with Crippen LogP contribution in [-0.2, 0) is 9.84 Å². The lowest BCUT2D eigenvalue weighted by atomic mass is 9.81. The fourth-order valence-corrected chi connectivity index (χ4v) is 5.24. The van der Waals surface area contributed by atoms with Crippen molar-refractivity contribution in [1.82, 2.24) is 0 Å². The zero-order valence-electron chi connectivity index (χ0n) is 11.4. The van der Waals surface area contributed by atoms with Gasteiger partial charge in [-0.05, 0) is 18.1 Å². The Balaban J connectivity index is 2.08. The molecular weight excluding hydrogens is 268 g/mol. The fraction of sp³-hybridized carbons (Fsp3) is 0.294. The van der Waals surface area contributed by atoms with E-state index in [1.807, 2.05) is 67.6 Å². The summed E-state index contributed by atoms with van der Waals surface area (Å²) < 4.78 is 24.7. The lowest BCUT2D eigenvalue weighted by Gasteiger charge is -2.22. The Morgan fingerprint density at radius 1 is 0.850 bits per heavy atom. The second-order valence-electron chi connectivity index (χ2n) is 5.49. The van der Waals surface area contributed by atoms with Crippen LogP contribution in [0.25, 0.3) is 0 Å². The van der Waals surface area contributed by atoms with Crippen molar-refractivity contribution >= 4 is 9.84 Å². The average Bonchev–Trinajstić information content (AvgIpc) is 2.72. The van der Waals surface area contributed by atoms with E-state index in [0.717, 1.165) is 11.1 Å². The normalized spacial score (nSPS) is 28.4. The first-order valence-corrected chi connectivity index (χ1v) is 8.62. The van der Waals surface area contributed by atoms with Gasteiger partial charge in [-0.1, -0.05) is 60.7 Å². The molecule has 3 heteroatoms. The highest BCUT2D eigenvalue weighted by Crippen LogP contribution is 2.45. The Hall–Kier alpha value is -1.61. The molecule has 104 valence electrons. The van der Waals surface area contributed by atoms with E-state index in [9.17, 15) is 8.42 Å². The molecule has 0 saturated carbocycles. The predicted octanol–water partition coefficient (Wildman–Crippen LogP) is 3.37. The van der Waals surface area contributed by atoms with E-state index < -0.39 is 9.84 Å². The monoisotopic (exact) mass is 286 g/mol. The minimum Gasteiger partial charge on any atom is -0.229 e. The Morgan fingerprint density at radius 3 is 1.90 bits per heavy atom. The van der Waals surface area contributed by atoms with Crippen LogP contribution in [0.2, 0.25) is 0 Å². The molecule has 0 N–H and O–H groups in total. The van der Waals surface area contributed by atoms with E-state index in [1.54, 1.807) is 0 Å². The van der Waals surface area contributed by atoms with Crippen molar-refractivity contribution in [1.29, 1.82) is 0 Å². The summed E-state index contributed by atoms with van der Waals surface area (Å²) in [5.41, 5.74) is 2.24. The first-order chi connectivity index (χ1) is 9.59. The van der Waals surface area contributed by atoms with Crippen molar-refractivity contribution in [3.8, 4) is 0 Å². The zero-order valence-corrected chi connectivity index (χ0v) is 12.3. The van der Waals surface area contributed by atoms with Crippen LogP contribution in [0.3, 0.4) is 0 Å². The summed E-state index contributed by atoms with van der Waals surface area (Å²) in [4.78, 5) is 0. The minimum absolute atomic E-state index is 0.0450. The predicted molar refractivity (Wildman–Crippen MR) is 81.6 cm³/mol. The first-order valence-electron chi connectivity index (χ1n) is 6.91. The van der Waals surface area contributed by atoms with Crippen LogP contribution in [0, 0.1) is 0 Å². The highest BCUT2D eigenvalue weighted by Gasteiger charge is 2.45. The maximum Gasteiger partial charge on any atom is 0.154 e. The van der Waals surface area contributed by atoms with Crippen LogP contribution in [-0.4, -0.2) is 19.4 Å². The molecule has 0 aliphatic carbocycles. The van der Waals surface area contributed by atoms with Gasteiger partial charge in [-0.15, -0.1) is 0 Å². The van der Waals surface area contributed by atoms with Crippen molar-refractivity contribution in [3.05, 3.63) is 71.8 Å². The molecule has 1 aliphatic rings. The van der Waals surface area contributed by atoms with Crippen LogP contribution in [0.4, 0.5) is 0 Å². The second kappa shape index (κ2) is 5.06. The molecule has 3 rings (SSSR count). The Kier molecular flexibility index (Phi) is 3.38. The summed E-state index contributed by atoms with van der Waals surface area (Å²) >= 11 is 0. The van der Waals surface area contributed by atoms with Crippen LogP contribution in [0.1, 0.15) is 29.9 Å². The van der Waals surface area contributed by atoms with Gasteiger partial charge in [0.1, 0.15) is 0 Å². The van der Waals surface area contributed by atoms with E-state index in [4.69, 9.17) is 0 Å². The molecule has 3 unspecified atom stereocenters. The van der Waals surface area contributed by atoms with Crippen molar-refractivity contribution in [2.75, 3.05) is 5.75 Å². The molecule has 20 heavy (non-hydrogen) atoms. The Bertz CT molecular complexity index is 677. The third-order valence-electron chi connectivity index (χ3n) is 4.33. The number of hydrogen-bond acceptors (Lipinski definition) is 2. The fourth-order valence-electron chi connectivity index (χ4n) is 3.24. The third-order valence-corrected chi connectivity index (χ3v) is 6.58. The van der Waals surface area contributed by atoms with E-state index in [0.29, 0.717) is 0 Å². The quantitative estimate of drug-likeness (QED) is 0.848. The van der Waals surface area contributed by atoms with Crippen LogP contribution in [0.15, 0.2) is 60.7 Å². The molecule has 2 aromatic carbocycles. The maximum atomic E-state index is 12.3. The minimum atomic E-state index is -3.02. The van der Waals surface area contributed by atoms with Crippen molar-refractivity contribution < 1.29 is 8.42 Å². The third kappa shape index (κ3) is 2.27. The van der Waals surface area contributed by atoms with Gasteiger partial charge >= 0.3 is 0 Å². The van der Waals surface area contributed by atoms with Crippen molar-refractivity contribution in [3.63, 3.8) is 0 Å². The first kappa shape index (κ1) is 13.4. The van der Waals surface area contributed by atoms with Gasteiger partial charge in [0.2, 0.25) is 0 Å². The summed E-state index contributed by atoms with van der Waals surface area (Å²) in [6.45, 7) is 1.84. The van der Waals surface area contributed by atoms with Crippen molar-refractivity contribution in [2.24, 2.45) is 0 Å². The zero-order chi connectivity index (χ0) is 14.2. The molecule has 0 bridgehead atoms. The van der Waals surface area contributed by atoms with Gasteiger partial charge < -0.3 is 0 Å². The second-order valence-corrected chi connectivity index (χ2v) is 7.89. The van der Waals surface area contributed by atoms with E-state index in [-0.39, 0.29) is 22.8 Å². The van der Waals surface area contributed by atoms with Gasteiger partial charge in [-0.3, -0.25) is 0 Å². The van der Waals surface area contributed by atoms with E-state index in [1.165, 1.54) is 0 Å². The van der Waals surface area contributed by atoms with Gasteiger partial charge in [0.05, 0.1) is 11.0 Å². The van der Waals surface area contributed by atoms with Gasteiger partial charge in [-0.2, -0.15) is 0 Å². The van der Waals surface area contributed by atoms with Crippen LogP contribution >= 0.6 is 0 Å². The van der Waals surface area contributed by atoms with E-state index in [2.05, 4.69) is 0 Å². The van der Waals surface area contributed by atoms with E-state index >= 15 is 0 Å². The lowest BCUT2D eigenvalue weighted by Crippen LogP contribution is -2.18. The maximum absolute atomic E-state index is 12.3. The molecule has 1 fully saturated rings. The molecule has 1 heterocycles. The van der Waals surface area contributed by atoms with Crippen molar-refractivity contribution in [2.45, 2.75) is 24.0 Å². The average molecular weight is 286 g/mol. The molecule has 0 amide bonds. The molecule has 2 nitrogen and oxygen atoms in total. The molecule has 3 atom stereocenters. The lowest BCUT2D eigenvalue weighted by molar-refractivity contribution is 0.580. The summed E-state index contributed by atoms with van der Waals surface area (Å²) in [6, 6.07) is 20.0. The molecular formula is C17H18O2S. The Labute approximate surface area is 120 Å². The smallest absolute Gasteiger partial charge is 0.154 e. The number of hydrogen-bond donors (Lipinski definition) is 0. The molecule has 1 saturated heterocycles. The number of sulfone groups is 1. The molecule has 0 aromatic heterocycles. The molecule has 0 spiro atoms. The number of rotatable bonds is 2. The number of benzene rings is 2. The standard InChI is InChI=1S/C17H18O2S/c1-13-17(15-10-6-3-7-11-15)16(12-20(13,18)19)14-8-4-2-5-9-14/h2-11,13,16-17H,12H2,1H3. The summed E-state index contributed by atoms with van der Waals surface area (Å²) in [7, 11) is -3.02. The summed E-state index contributed by atoms with van der Waals surface area (Å²) in [5.74, 6) is 0.347. The van der Waals surface area contributed by atoms with Gasteiger partial charge in [-0.25, -0.2) is 8.42 Å². The largest absolute Gasteiger partial charge is 0.229 e. The summed E-state index contributed by atoms with van der Waals surface area (Å²) in [6.07, 6.45) is 0. The topological polar surface area (TPSA) is 34.1 Å². The van der Waals surface area contributed by atoms with Gasteiger partial charge in [0.25, 0.3) is 0 Å². The highest BCUT2D eigenvalue weighted by atomic mass is 32.2. The molecule has 0 radical (unpaired) electrons. The van der Waals surface area contributed by atoms with Gasteiger partial charge in [0, 0.05) is 11.8 Å². The molecule has 2 aromatic rings.